The molecule has 4 nitrogen and oxygen atoms in total. The maximum atomic E-state index is 11.6. The van der Waals surface area contributed by atoms with E-state index in [-0.39, 0.29) is 5.97 Å². The van der Waals surface area contributed by atoms with Gasteiger partial charge in [0.1, 0.15) is 5.69 Å². The summed E-state index contributed by atoms with van der Waals surface area (Å²) >= 11 is 0. The van der Waals surface area contributed by atoms with Gasteiger partial charge >= 0.3 is 5.97 Å². The predicted octanol–water partition coefficient (Wildman–Crippen LogP) is 1.64. The Labute approximate surface area is 88.8 Å². The van der Waals surface area contributed by atoms with Crippen LogP contribution in [0.5, 0.6) is 0 Å². The Balaban J connectivity index is 1.98. The molecular formula is C11H14N2O2. The van der Waals surface area contributed by atoms with Crippen molar-refractivity contribution in [3.05, 3.63) is 30.1 Å². The number of nitrogens with zero attached hydrogens (tertiary/aromatic N) is 2. The van der Waals surface area contributed by atoms with Crippen LogP contribution in [0.1, 0.15) is 30.3 Å². The average Bonchev–Trinajstić information content (AvgIpc) is 2.66. The summed E-state index contributed by atoms with van der Waals surface area (Å²) in [7, 11) is 0. The van der Waals surface area contributed by atoms with Crippen molar-refractivity contribution < 1.29 is 9.63 Å². The third kappa shape index (κ3) is 2.33. The number of rotatable bonds is 2. The summed E-state index contributed by atoms with van der Waals surface area (Å²) in [4.78, 5) is 20.8. The van der Waals surface area contributed by atoms with Gasteiger partial charge in [-0.3, -0.25) is 0 Å². The number of carbonyl (C=O) groups is 1. The van der Waals surface area contributed by atoms with E-state index in [4.69, 9.17) is 4.84 Å². The van der Waals surface area contributed by atoms with Crippen LogP contribution in [-0.2, 0) is 4.84 Å². The molecule has 1 aromatic rings. The molecule has 0 bridgehead atoms. The third-order valence-corrected chi connectivity index (χ3v) is 2.57. The van der Waals surface area contributed by atoms with E-state index in [1.807, 2.05) is 0 Å². The second-order valence-electron chi connectivity index (χ2n) is 3.73. The summed E-state index contributed by atoms with van der Waals surface area (Å²) in [6, 6.07) is 5.52. The van der Waals surface area contributed by atoms with Crippen molar-refractivity contribution in [3.8, 4) is 0 Å². The normalized spacial score (nSPS) is 21.5. The van der Waals surface area contributed by atoms with Gasteiger partial charge in [-0.1, -0.05) is 6.07 Å². The maximum Gasteiger partial charge on any atom is 0.375 e. The number of carbonyl (C=O) groups excluding carboxylic acids is 1. The van der Waals surface area contributed by atoms with E-state index in [1.54, 1.807) is 29.5 Å². The first-order valence-corrected chi connectivity index (χ1v) is 5.17. The van der Waals surface area contributed by atoms with Crippen LogP contribution in [0.2, 0.25) is 0 Å². The Kier molecular flexibility index (Phi) is 2.97. The first-order chi connectivity index (χ1) is 7.27. The summed E-state index contributed by atoms with van der Waals surface area (Å²) in [5.74, 6) is -0.371. The number of hydrogen-bond donors (Lipinski definition) is 0. The number of pyridine rings is 1. The number of aromatic nitrogens is 1. The van der Waals surface area contributed by atoms with Gasteiger partial charge in [0.25, 0.3) is 0 Å². The molecule has 1 atom stereocenters. The van der Waals surface area contributed by atoms with Crippen molar-refractivity contribution in [1.82, 2.24) is 10.0 Å². The minimum Gasteiger partial charge on any atom is -0.362 e. The molecule has 0 aliphatic carbocycles. The van der Waals surface area contributed by atoms with Crippen LogP contribution in [0.4, 0.5) is 0 Å². The molecule has 0 radical (unpaired) electrons. The SMILES string of the molecule is CC1CCCN1OC(=O)c1ccccn1. The number of hydrogen-bond acceptors (Lipinski definition) is 4. The van der Waals surface area contributed by atoms with Gasteiger partial charge in [0.15, 0.2) is 0 Å². The molecule has 80 valence electrons. The van der Waals surface area contributed by atoms with Gasteiger partial charge < -0.3 is 4.84 Å². The molecule has 4 heteroatoms. The van der Waals surface area contributed by atoms with E-state index in [1.165, 1.54) is 0 Å². The molecule has 0 spiro atoms. The zero-order valence-electron chi connectivity index (χ0n) is 8.72. The van der Waals surface area contributed by atoms with Gasteiger partial charge in [-0.2, -0.15) is 0 Å². The molecule has 1 aromatic heterocycles. The Hall–Kier alpha value is -1.42. The topological polar surface area (TPSA) is 42.4 Å². The molecule has 1 unspecified atom stereocenters. The number of hydroxylamine groups is 2. The Morgan fingerprint density at radius 3 is 3.07 bits per heavy atom. The second-order valence-corrected chi connectivity index (χ2v) is 3.73. The molecule has 1 saturated heterocycles. The van der Waals surface area contributed by atoms with Gasteiger partial charge in [-0.25, -0.2) is 9.78 Å². The smallest absolute Gasteiger partial charge is 0.362 e. The Bertz CT molecular complexity index is 340. The van der Waals surface area contributed by atoms with Gasteiger partial charge in [0.05, 0.1) is 0 Å². The van der Waals surface area contributed by atoms with Crippen LogP contribution >= 0.6 is 0 Å². The van der Waals surface area contributed by atoms with Crippen LogP contribution in [0, 0.1) is 0 Å². The van der Waals surface area contributed by atoms with E-state index in [0.717, 1.165) is 19.4 Å². The summed E-state index contributed by atoms with van der Waals surface area (Å²) < 4.78 is 0. The fourth-order valence-electron chi connectivity index (χ4n) is 1.68. The minimum absolute atomic E-state index is 0.317. The van der Waals surface area contributed by atoms with Crippen LogP contribution in [0.3, 0.4) is 0 Å². The molecule has 0 N–H and O–H groups in total. The highest BCUT2D eigenvalue weighted by Crippen LogP contribution is 2.17. The van der Waals surface area contributed by atoms with Crippen molar-refractivity contribution in [2.75, 3.05) is 6.54 Å². The van der Waals surface area contributed by atoms with Gasteiger partial charge in [0, 0.05) is 18.8 Å². The van der Waals surface area contributed by atoms with Crippen LogP contribution in [0.25, 0.3) is 0 Å². The molecule has 2 rings (SSSR count). The fraction of sp³-hybridized carbons (Fsp3) is 0.455. The molecule has 0 amide bonds. The first kappa shape index (κ1) is 10.1. The van der Waals surface area contributed by atoms with Crippen molar-refractivity contribution in [3.63, 3.8) is 0 Å². The van der Waals surface area contributed by atoms with Crippen molar-refractivity contribution >= 4 is 5.97 Å². The highest BCUT2D eigenvalue weighted by molar-refractivity contribution is 5.86. The molecule has 0 saturated carbocycles. The molecule has 15 heavy (non-hydrogen) atoms. The highest BCUT2D eigenvalue weighted by atomic mass is 16.7. The van der Waals surface area contributed by atoms with E-state index in [9.17, 15) is 4.79 Å². The first-order valence-electron chi connectivity index (χ1n) is 5.17. The predicted molar refractivity (Wildman–Crippen MR) is 55.1 cm³/mol. The van der Waals surface area contributed by atoms with E-state index in [0.29, 0.717) is 11.7 Å². The molecule has 1 aliphatic rings. The maximum absolute atomic E-state index is 11.6. The zero-order valence-corrected chi connectivity index (χ0v) is 8.72. The zero-order chi connectivity index (χ0) is 10.7. The van der Waals surface area contributed by atoms with Crippen LogP contribution in [0.15, 0.2) is 24.4 Å². The van der Waals surface area contributed by atoms with Gasteiger partial charge in [-0.05, 0) is 31.9 Å². The van der Waals surface area contributed by atoms with Crippen molar-refractivity contribution in [2.45, 2.75) is 25.8 Å². The van der Waals surface area contributed by atoms with E-state index < -0.39 is 0 Å². The molecule has 1 fully saturated rings. The lowest BCUT2D eigenvalue weighted by atomic mass is 10.3. The Morgan fingerprint density at radius 2 is 2.47 bits per heavy atom. The van der Waals surface area contributed by atoms with E-state index in [2.05, 4.69) is 11.9 Å². The Morgan fingerprint density at radius 1 is 1.60 bits per heavy atom. The van der Waals surface area contributed by atoms with Gasteiger partial charge in [-0.15, -0.1) is 5.06 Å². The minimum atomic E-state index is -0.371. The average molecular weight is 206 g/mol. The molecule has 2 heterocycles. The summed E-state index contributed by atoms with van der Waals surface area (Å²) in [6.07, 6.45) is 3.75. The largest absolute Gasteiger partial charge is 0.375 e. The van der Waals surface area contributed by atoms with Crippen LogP contribution < -0.4 is 0 Å². The third-order valence-electron chi connectivity index (χ3n) is 2.57. The summed E-state index contributed by atoms with van der Waals surface area (Å²) in [5, 5.41) is 1.73. The summed E-state index contributed by atoms with van der Waals surface area (Å²) in [5.41, 5.74) is 0.358. The van der Waals surface area contributed by atoms with Crippen LogP contribution in [-0.4, -0.2) is 28.6 Å². The quantitative estimate of drug-likeness (QED) is 0.737. The molecular weight excluding hydrogens is 192 g/mol. The highest BCUT2D eigenvalue weighted by Gasteiger charge is 2.24. The molecule has 1 aliphatic heterocycles. The summed E-state index contributed by atoms with van der Waals surface area (Å²) in [6.45, 7) is 2.87. The lowest BCUT2D eigenvalue weighted by molar-refractivity contribution is -0.115. The standard InChI is InChI=1S/C11H14N2O2/c1-9-5-4-8-13(9)15-11(14)10-6-2-3-7-12-10/h2-3,6-7,9H,4-5,8H2,1H3. The van der Waals surface area contributed by atoms with E-state index >= 15 is 0 Å². The van der Waals surface area contributed by atoms with Gasteiger partial charge in [0.2, 0.25) is 0 Å². The lowest BCUT2D eigenvalue weighted by Gasteiger charge is -2.19. The van der Waals surface area contributed by atoms with Crippen molar-refractivity contribution in [2.24, 2.45) is 0 Å². The second kappa shape index (κ2) is 4.40. The molecule has 0 aromatic carbocycles. The fourth-order valence-corrected chi connectivity index (χ4v) is 1.68. The lowest BCUT2D eigenvalue weighted by Crippen LogP contribution is -2.30. The van der Waals surface area contributed by atoms with Crippen molar-refractivity contribution in [1.29, 1.82) is 0 Å². The monoisotopic (exact) mass is 206 g/mol.